The number of ether oxygens (including phenoxy) is 1. The molecule has 1 aliphatic rings. The molecule has 1 aliphatic heterocycles. The van der Waals surface area contributed by atoms with E-state index in [0.29, 0.717) is 28.8 Å². The average Bonchev–Trinajstić information content (AvgIpc) is 3.24. The molecule has 1 amide bonds. The quantitative estimate of drug-likeness (QED) is 0.434. The SMILES string of the molecule is COc1ccc(Cn2nnc(C(=O)NCCCN3CCN(c4cccc(Cl)c4Cl)CC3)c2C)cc1. The van der Waals surface area contributed by atoms with Crippen molar-refractivity contribution in [2.24, 2.45) is 0 Å². The molecule has 1 N–H and O–H groups in total. The number of methoxy groups -OCH3 is 1. The van der Waals surface area contributed by atoms with E-state index in [4.69, 9.17) is 27.9 Å². The van der Waals surface area contributed by atoms with Gasteiger partial charge in [-0.15, -0.1) is 5.10 Å². The maximum Gasteiger partial charge on any atom is 0.273 e. The molecule has 0 atom stereocenters. The van der Waals surface area contributed by atoms with Crippen LogP contribution in [0.15, 0.2) is 42.5 Å². The van der Waals surface area contributed by atoms with E-state index >= 15 is 0 Å². The number of aromatic nitrogens is 3. The summed E-state index contributed by atoms with van der Waals surface area (Å²) in [6, 6.07) is 13.5. The first-order valence-corrected chi connectivity index (χ1v) is 12.4. The predicted octanol–water partition coefficient (Wildman–Crippen LogP) is 3.89. The van der Waals surface area contributed by atoms with Crippen molar-refractivity contribution in [3.8, 4) is 5.75 Å². The standard InChI is InChI=1S/C25H30Cl2N6O2/c1-18-24(29-30-33(18)17-19-7-9-20(35-2)10-8-19)25(34)28-11-4-12-31-13-15-32(16-14-31)22-6-3-5-21(26)23(22)27/h3,5-10H,4,11-17H2,1-2H3,(H,28,34). The Morgan fingerprint density at radius 3 is 2.54 bits per heavy atom. The van der Waals surface area contributed by atoms with Crippen molar-refractivity contribution in [2.75, 3.05) is 51.3 Å². The summed E-state index contributed by atoms with van der Waals surface area (Å²) in [4.78, 5) is 17.3. The third-order valence-electron chi connectivity index (χ3n) is 6.27. The number of hydrogen-bond donors (Lipinski definition) is 1. The summed E-state index contributed by atoms with van der Waals surface area (Å²) < 4.78 is 6.93. The van der Waals surface area contributed by atoms with E-state index in [1.165, 1.54) is 0 Å². The molecule has 2 heterocycles. The summed E-state index contributed by atoms with van der Waals surface area (Å²) in [5.41, 5.74) is 3.16. The predicted molar refractivity (Wildman–Crippen MR) is 139 cm³/mol. The Morgan fingerprint density at radius 1 is 1.09 bits per heavy atom. The van der Waals surface area contributed by atoms with Crippen LogP contribution in [0.1, 0.15) is 28.2 Å². The Hall–Kier alpha value is -2.81. The molecule has 0 aliphatic carbocycles. The first-order valence-electron chi connectivity index (χ1n) is 11.7. The summed E-state index contributed by atoms with van der Waals surface area (Å²) in [5, 5.41) is 12.4. The number of nitrogens with zero attached hydrogens (tertiary/aromatic N) is 5. The molecule has 1 fully saturated rings. The molecule has 0 radical (unpaired) electrons. The van der Waals surface area contributed by atoms with Crippen LogP contribution in [0.5, 0.6) is 5.75 Å². The highest BCUT2D eigenvalue weighted by molar-refractivity contribution is 6.43. The van der Waals surface area contributed by atoms with E-state index in [1.54, 1.807) is 17.9 Å². The van der Waals surface area contributed by atoms with Crippen LogP contribution in [-0.2, 0) is 6.54 Å². The molecule has 10 heteroatoms. The monoisotopic (exact) mass is 516 g/mol. The Bertz CT molecular complexity index is 1140. The van der Waals surface area contributed by atoms with E-state index in [9.17, 15) is 4.79 Å². The Kier molecular flexibility index (Phi) is 8.49. The van der Waals surface area contributed by atoms with Gasteiger partial charge >= 0.3 is 0 Å². The molecule has 0 bridgehead atoms. The molecule has 0 spiro atoms. The van der Waals surface area contributed by atoms with Crippen molar-refractivity contribution in [3.05, 3.63) is 69.5 Å². The molecule has 2 aromatic carbocycles. The normalized spacial score (nSPS) is 14.2. The number of benzene rings is 2. The third-order valence-corrected chi connectivity index (χ3v) is 7.08. The Balaban J connectivity index is 1.20. The molecular formula is C25H30Cl2N6O2. The van der Waals surface area contributed by atoms with Gasteiger partial charge in [0.05, 0.1) is 35.1 Å². The first kappa shape index (κ1) is 25.3. The van der Waals surface area contributed by atoms with E-state index < -0.39 is 0 Å². The van der Waals surface area contributed by atoms with Crippen LogP contribution in [0.25, 0.3) is 0 Å². The van der Waals surface area contributed by atoms with Crippen LogP contribution in [0.2, 0.25) is 10.0 Å². The first-order chi connectivity index (χ1) is 17.0. The minimum Gasteiger partial charge on any atom is -0.497 e. The number of hydrogen-bond acceptors (Lipinski definition) is 6. The molecular weight excluding hydrogens is 487 g/mol. The number of halogens is 2. The van der Waals surface area contributed by atoms with Crippen molar-refractivity contribution < 1.29 is 9.53 Å². The van der Waals surface area contributed by atoms with Crippen LogP contribution in [-0.4, -0.2) is 72.2 Å². The maximum atomic E-state index is 12.6. The zero-order valence-corrected chi connectivity index (χ0v) is 21.5. The Morgan fingerprint density at radius 2 is 1.83 bits per heavy atom. The van der Waals surface area contributed by atoms with Gasteiger partial charge in [-0.25, -0.2) is 4.68 Å². The van der Waals surface area contributed by atoms with Crippen molar-refractivity contribution in [1.29, 1.82) is 0 Å². The third kappa shape index (κ3) is 6.25. The van der Waals surface area contributed by atoms with E-state index in [-0.39, 0.29) is 5.91 Å². The smallest absolute Gasteiger partial charge is 0.273 e. The lowest BCUT2D eigenvalue weighted by molar-refractivity contribution is 0.0945. The zero-order valence-electron chi connectivity index (χ0n) is 20.0. The number of rotatable bonds is 9. The summed E-state index contributed by atoms with van der Waals surface area (Å²) in [6.45, 7) is 7.58. The van der Waals surface area contributed by atoms with Crippen LogP contribution < -0.4 is 15.0 Å². The fraction of sp³-hybridized carbons (Fsp3) is 0.400. The molecule has 8 nitrogen and oxygen atoms in total. The lowest BCUT2D eigenvalue weighted by atomic mass is 10.2. The fourth-order valence-electron chi connectivity index (χ4n) is 4.16. The van der Waals surface area contributed by atoms with Gasteiger partial charge in [0, 0.05) is 32.7 Å². The summed E-state index contributed by atoms with van der Waals surface area (Å²) in [7, 11) is 1.64. The topological polar surface area (TPSA) is 75.5 Å². The fourth-order valence-corrected chi connectivity index (χ4v) is 4.58. The van der Waals surface area contributed by atoms with Gasteiger partial charge in [0.1, 0.15) is 5.75 Å². The van der Waals surface area contributed by atoms with Crippen molar-refractivity contribution >= 4 is 34.8 Å². The maximum absolute atomic E-state index is 12.6. The van der Waals surface area contributed by atoms with E-state index in [1.807, 2.05) is 43.3 Å². The lowest BCUT2D eigenvalue weighted by Gasteiger charge is -2.36. The molecule has 1 saturated heterocycles. The minimum atomic E-state index is -0.191. The number of nitrogens with one attached hydrogen (secondary N) is 1. The van der Waals surface area contributed by atoms with Gasteiger partial charge in [-0.3, -0.25) is 9.69 Å². The summed E-state index contributed by atoms with van der Waals surface area (Å²) in [6.07, 6.45) is 0.864. The molecule has 0 saturated carbocycles. The summed E-state index contributed by atoms with van der Waals surface area (Å²) in [5.74, 6) is 0.611. The van der Waals surface area contributed by atoms with Gasteiger partial charge in [0.2, 0.25) is 0 Å². The van der Waals surface area contributed by atoms with Crippen LogP contribution >= 0.6 is 23.2 Å². The highest BCUT2D eigenvalue weighted by Gasteiger charge is 2.20. The van der Waals surface area contributed by atoms with Gasteiger partial charge in [0.15, 0.2) is 5.69 Å². The highest BCUT2D eigenvalue weighted by Crippen LogP contribution is 2.32. The molecule has 186 valence electrons. The van der Waals surface area contributed by atoms with Gasteiger partial charge < -0.3 is 15.0 Å². The highest BCUT2D eigenvalue weighted by atomic mass is 35.5. The largest absolute Gasteiger partial charge is 0.497 e. The van der Waals surface area contributed by atoms with Crippen LogP contribution in [0.3, 0.4) is 0 Å². The minimum absolute atomic E-state index is 0.191. The Labute approximate surface area is 215 Å². The number of amides is 1. The molecule has 4 rings (SSSR count). The summed E-state index contributed by atoms with van der Waals surface area (Å²) >= 11 is 12.5. The number of piperazine rings is 1. The van der Waals surface area contributed by atoms with Gasteiger partial charge in [-0.1, -0.05) is 46.6 Å². The molecule has 35 heavy (non-hydrogen) atoms. The van der Waals surface area contributed by atoms with Gasteiger partial charge in [0.25, 0.3) is 5.91 Å². The number of anilines is 1. The molecule has 3 aromatic rings. The molecule has 1 aromatic heterocycles. The van der Waals surface area contributed by atoms with Crippen molar-refractivity contribution in [3.63, 3.8) is 0 Å². The number of carbonyl (C=O) groups excluding carboxylic acids is 1. The zero-order chi connectivity index (χ0) is 24.8. The van der Waals surface area contributed by atoms with E-state index in [0.717, 1.165) is 61.8 Å². The second kappa shape index (κ2) is 11.7. The van der Waals surface area contributed by atoms with Crippen molar-refractivity contribution in [2.45, 2.75) is 19.9 Å². The second-order valence-corrected chi connectivity index (χ2v) is 9.33. The van der Waals surface area contributed by atoms with Gasteiger partial charge in [-0.05, 0) is 49.7 Å². The van der Waals surface area contributed by atoms with Crippen molar-refractivity contribution in [1.82, 2.24) is 25.2 Å². The average molecular weight is 517 g/mol. The molecule has 0 unspecified atom stereocenters. The van der Waals surface area contributed by atoms with Gasteiger partial charge in [-0.2, -0.15) is 0 Å². The number of carbonyl (C=O) groups is 1. The lowest BCUT2D eigenvalue weighted by Crippen LogP contribution is -2.47. The second-order valence-electron chi connectivity index (χ2n) is 8.54. The van der Waals surface area contributed by atoms with E-state index in [2.05, 4.69) is 25.4 Å². The van der Waals surface area contributed by atoms with Crippen LogP contribution in [0, 0.1) is 6.92 Å². The van der Waals surface area contributed by atoms with Crippen LogP contribution in [0.4, 0.5) is 5.69 Å².